The molecule has 5 nitrogen and oxygen atoms in total. The van der Waals surface area contributed by atoms with Gasteiger partial charge < -0.3 is 10.6 Å². The second kappa shape index (κ2) is 6.68. The van der Waals surface area contributed by atoms with Gasteiger partial charge in [-0.15, -0.1) is 0 Å². The van der Waals surface area contributed by atoms with Gasteiger partial charge in [0.25, 0.3) is 0 Å². The van der Waals surface area contributed by atoms with E-state index in [1.807, 2.05) is 44.4 Å². The molecule has 0 bridgehead atoms. The molecule has 2 N–H and O–H groups in total. The number of nitrogens with one attached hydrogen (secondary N) is 2. The quantitative estimate of drug-likeness (QED) is 0.831. The van der Waals surface area contributed by atoms with E-state index in [4.69, 9.17) is 0 Å². The van der Waals surface area contributed by atoms with Crippen LogP contribution in [0.5, 0.6) is 0 Å². The fourth-order valence-corrected chi connectivity index (χ4v) is 1.81. The molecule has 0 aliphatic heterocycles. The lowest BCUT2D eigenvalue weighted by molar-refractivity contribution is 0.975. The summed E-state index contributed by atoms with van der Waals surface area (Å²) in [6, 6.07) is 5.98. The third-order valence-corrected chi connectivity index (χ3v) is 2.66. The summed E-state index contributed by atoms with van der Waals surface area (Å²) in [6.45, 7) is 5.64. The monoisotopic (exact) mass is 257 g/mol. The zero-order valence-corrected chi connectivity index (χ0v) is 11.3. The first-order valence-corrected chi connectivity index (χ1v) is 6.50. The molecule has 0 saturated carbocycles. The maximum atomic E-state index is 4.37. The molecule has 0 aromatic carbocycles. The molecule has 0 fully saturated rings. The van der Waals surface area contributed by atoms with Gasteiger partial charge in [-0.2, -0.15) is 0 Å². The van der Waals surface area contributed by atoms with Crippen molar-refractivity contribution >= 4 is 11.6 Å². The first kappa shape index (κ1) is 13.3. The zero-order chi connectivity index (χ0) is 13.5. The molecule has 19 heavy (non-hydrogen) atoms. The van der Waals surface area contributed by atoms with Crippen LogP contribution in [0, 0.1) is 6.92 Å². The number of anilines is 2. The fraction of sp³-hybridized carbons (Fsp3) is 0.357. The summed E-state index contributed by atoms with van der Waals surface area (Å²) < 4.78 is 0. The van der Waals surface area contributed by atoms with Gasteiger partial charge >= 0.3 is 0 Å². The molecule has 0 unspecified atom stereocenters. The minimum atomic E-state index is 0.768. The van der Waals surface area contributed by atoms with Crippen molar-refractivity contribution in [1.29, 1.82) is 0 Å². The van der Waals surface area contributed by atoms with Crippen LogP contribution in [0.1, 0.15) is 18.3 Å². The van der Waals surface area contributed by atoms with Crippen LogP contribution in [0.4, 0.5) is 11.6 Å². The number of rotatable bonds is 6. The Kier molecular flexibility index (Phi) is 4.66. The Balaban J connectivity index is 1.92. The highest BCUT2D eigenvalue weighted by atomic mass is 15.1. The molecule has 0 aliphatic rings. The largest absolute Gasteiger partial charge is 0.370 e. The predicted molar refractivity (Wildman–Crippen MR) is 77.4 cm³/mol. The smallest absolute Gasteiger partial charge is 0.131 e. The molecule has 100 valence electrons. The number of aromatic nitrogens is 3. The topological polar surface area (TPSA) is 62.7 Å². The molecular weight excluding hydrogens is 238 g/mol. The molecule has 2 heterocycles. The van der Waals surface area contributed by atoms with Gasteiger partial charge in [0.15, 0.2) is 0 Å². The molecule has 2 aromatic heterocycles. The van der Waals surface area contributed by atoms with Crippen LogP contribution >= 0.6 is 0 Å². The molecule has 5 heteroatoms. The summed E-state index contributed by atoms with van der Waals surface area (Å²) in [5.41, 5.74) is 1.26. The van der Waals surface area contributed by atoms with Crippen molar-refractivity contribution in [3.8, 4) is 0 Å². The van der Waals surface area contributed by atoms with Gasteiger partial charge in [0.2, 0.25) is 0 Å². The molecule has 0 atom stereocenters. The first-order valence-electron chi connectivity index (χ1n) is 6.50. The Hall–Kier alpha value is -2.17. The lowest BCUT2D eigenvalue weighted by Gasteiger charge is -2.09. The van der Waals surface area contributed by atoms with Crippen LogP contribution in [0.2, 0.25) is 0 Å². The van der Waals surface area contributed by atoms with E-state index >= 15 is 0 Å². The van der Waals surface area contributed by atoms with Crippen molar-refractivity contribution in [2.24, 2.45) is 0 Å². The van der Waals surface area contributed by atoms with Gasteiger partial charge in [0.1, 0.15) is 17.5 Å². The molecule has 2 rings (SSSR count). The van der Waals surface area contributed by atoms with E-state index in [-0.39, 0.29) is 0 Å². The predicted octanol–water partition coefficient (Wildman–Crippen LogP) is 2.27. The normalized spacial score (nSPS) is 10.2. The minimum Gasteiger partial charge on any atom is -0.370 e. The number of hydrogen-bond acceptors (Lipinski definition) is 5. The summed E-state index contributed by atoms with van der Waals surface area (Å²) >= 11 is 0. The summed E-state index contributed by atoms with van der Waals surface area (Å²) in [5.74, 6) is 2.49. The third-order valence-electron chi connectivity index (χ3n) is 2.66. The Labute approximate surface area is 113 Å². The van der Waals surface area contributed by atoms with Gasteiger partial charge in [0, 0.05) is 31.5 Å². The van der Waals surface area contributed by atoms with E-state index in [0.717, 1.165) is 37.0 Å². The maximum Gasteiger partial charge on any atom is 0.131 e. The first-order chi connectivity index (χ1) is 9.28. The molecule has 0 saturated heterocycles. The lowest BCUT2D eigenvalue weighted by Crippen LogP contribution is -2.09. The Morgan fingerprint density at radius 1 is 1.05 bits per heavy atom. The van der Waals surface area contributed by atoms with Gasteiger partial charge in [-0.1, -0.05) is 0 Å². The second-order valence-corrected chi connectivity index (χ2v) is 4.25. The second-order valence-electron chi connectivity index (χ2n) is 4.25. The fourth-order valence-electron chi connectivity index (χ4n) is 1.81. The lowest BCUT2D eigenvalue weighted by atomic mass is 10.2. The number of pyridine rings is 1. The summed E-state index contributed by atoms with van der Waals surface area (Å²) in [5, 5.41) is 6.52. The van der Waals surface area contributed by atoms with Crippen LogP contribution < -0.4 is 10.6 Å². The molecule has 0 amide bonds. The minimum absolute atomic E-state index is 0.768. The Bertz CT molecular complexity index is 512. The van der Waals surface area contributed by atoms with Crippen molar-refractivity contribution < 1.29 is 0 Å². The molecule has 0 spiro atoms. The van der Waals surface area contributed by atoms with Gasteiger partial charge in [-0.3, -0.25) is 4.98 Å². The van der Waals surface area contributed by atoms with Crippen molar-refractivity contribution in [3.05, 3.63) is 42.0 Å². The van der Waals surface area contributed by atoms with E-state index in [1.54, 1.807) is 0 Å². The third kappa shape index (κ3) is 4.21. The van der Waals surface area contributed by atoms with E-state index in [0.29, 0.717) is 0 Å². The molecule has 2 aromatic rings. The summed E-state index contributed by atoms with van der Waals surface area (Å²) in [4.78, 5) is 12.7. The van der Waals surface area contributed by atoms with Gasteiger partial charge in [-0.05, 0) is 38.0 Å². The zero-order valence-electron chi connectivity index (χ0n) is 11.3. The maximum absolute atomic E-state index is 4.37. The van der Waals surface area contributed by atoms with E-state index in [2.05, 4.69) is 25.6 Å². The average molecular weight is 257 g/mol. The molecular formula is C14H19N5. The van der Waals surface area contributed by atoms with E-state index in [1.165, 1.54) is 5.56 Å². The van der Waals surface area contributed by atoms with Crippen molar-refractivity contribution in [2.75, 3.05) is 23.7 Å². The van der Waals surface area contributed by atoms with Gasteiger partial charge in [-0.25, -0.2) is 9.97 Å². The van der Waals surface area contributed by atoms with E-state index < -0.39 is 0 Å². The van der Waals surface area contributed by atoms with Crippen molar-refractivity contribution in [1.82, 2.24) is 15.0 Å². The van der Waals surface area contributed by atoms with Crippen molar-refractivity contribution in [3.63, 3.8) is 0 Å². The van der Waals surface area contributed by atoms with Crippen LogP contribution in [0.15, 0.2) is 30.6 Å². The highest BCUT2D eigenvalue weighted by Crippen LogP contribution is 2.11. The van der Waals surface area contributed by atoms with Crippen LogP contribution in [0.3, 0.4) is 0 Å². The SMILES string of the molecule is CCNc1cc(NCCc2ccncc2)nc(C)n1. The van der Waals surface area contributed by atoms with Crippen molar-refractivity contribution in [2.45, 2.75) is 20.3 Å². The number of aryl methyl sites for hydroxylation is 1. The number of hydrogen-bond donors (Lipinski definition) is 2. The number of nitrogens with zero attached hydrogens (tertiary/aromatic N) is 3. The molecule has 0 aliphatic carbocycles. The van der Waals surface area contributed by atoms with Crippen LogP contribution in [-0.4, -0.2) is 28.0 Å². The van der Waals surface area contributed by atoms with E-state index in [9.17, 15) is 0 Å². The standard InChI is InChI=1S/C14H19N5/c1-3-16-13-10-14(19-11(2)18-13)17-9-6-12-4-7-15-8-5-12/h4-5,7-8,10H,3,6,9H2,1-2H3,(H2,16,17,18,19). The highest BCUT2D eigenvalue weighted by molar-refractivity contribution is 5.47. The average Bonchev–Trinajstić information content (AvgIpc) is 2.40. The summed E-state index contributed by atoms with van der Waals surface area (Å²) in [7, 11) is 0. The van der Waals surface area contributed by atoms with Crippen LogP contribution in [0.25, 0.3) is 0 Å². The summed E-state index contributed by atoms with van der Waals surface area (Å²) in [6.07, 6.45) is 4.57. The molecule has 0 radical (unpaired) electrons. The highest BCUT2D eigenvalue weighted by Gasteiger charge is 2.00. The van der Waals surface area contributed by atoms with Crippen LogP contribution in [-0.2, 0) is 6.42 Å². The Morgan fingerprint density at radius 2 is 1.74 bits per heavy atom. The van der Waals surface area contributed by atoms with Gasteiger partial charge in [0.05, 0.1) is 0 Å². The Morgan fingerprint density at radius 3 is 2.42 bits per heavy atom.